The highest BCUT2D eigenvalue weighted by Crippen LogP contribution is 2.42. The molecule has 2 nitrogen and oxygen atoms in total. The standard InChI is InChI=1S/C19H28N2/c1-21-17-9-10-18(21)12-14(11-17)13-20-19(16-7-8-16)15-5-3-2-4-6-15/h2-6,14,16-20H,7-13H2,1H3. The Hall–Kier alpha value is -0.860. The lowest BCUT2D eigenvalue weighted by atomic mass is 9.90. The second-order valence-corrected chi connectivity index (χ2v) is 7.52. The van der Waals surface area contributed by atoms with Gasteiger partial charge in [0.2, 0.25) is 0 Å². The first-order valence-electron chi connectivity index (χ1n) is 8.81. The summed E-state index contributed by atoms with van der Waals surface area (Å²) in [6, 6.07) is 13.4. The fourth-order valence-electron chi connectivity index (χ4n) is 4.63. The molecule has 2 heterocycles. The van der Waals surface area contributed by atoms with E-state index in [1.165, 1.54) is 50.6 Å². The Morgan fingerprint density at radius 2 is 1.71 bits per heavy atom. The average molecular weight is 284 g/mol. The first-order chi connectivity index (χ1) is 10.3. The van der Waals surface area contributed by atoms with Crippen LogP contribution in [0.5, 0.6) is 0 Å². The van der Waals surface area contributed by atoms with Crippen LogP contribution in [-0.4, -0.2) is 30.6 Å². The first-order valence-corrected chi connectivity index (χ1v) is 8.81. The lowest BCUT2D eigenvalue weighted by Crippen LogP contribution is -2.43. The van der Waals surface area contributed by atoms with Gasteiger partial charge in [0.1, 0.15) is 0 Å². The molecule has 3 atom stereocenters. The van der Waals surface area contributed by atoms with E-state index in [1.54, 1.807) is 0 Å². The van der Waals surface area contributed by atoms with Crippen molar-refractivity contribution in [2.75, 3.05) is 13.6 Å². The topological polar surface area (TPSA) is 15.3 Å². The molecular formula is C19H28N2. The van der Waals surface area contributed by atoms with E-state index in [4.69, 9.17) is 0 Å². The lowest BCUT2D eigenvalue weighted by molar-refractivity contribution is 0.130. The van der Waals surface area contributed by atoms with Crippen LogP contribution in [0.25, 0.3) is 0 Å². The Morgan fingerprint density at radius 1 is 1.05 bits per heavy atom. The summed E-state index contributed by atoms with van der Waals surface area (Å²) in [6.07, 6.45) is 8.50. The molecule has 3 unspecified atom stereocenters. The van der Waals surface area contributed by atoms with Crippen molar-refractivity contribution >= 4 is 0 Å². The number of nitrogens with zero attached hydrogens (tertiary/aromatic N) is 1. The zero-order valence-electron chi connectivity index (χ0n) is 13.2. The Labute approximate surface area is 128 Å². The third kappa shape index (κ3) is 2.89. The molecule has 3 fully saturated rings. The maximum Gasteiger partial charge on any atom is 0.0348 e. The SMILES string of the molecule is CN1C2CCC1CC(CNC(c1ccccc1)C1CC1)C2. The summed E-state index contributed by atoms with van der Waals surface area (Å²) in [6.45, 7) is 1.22. The summed E-state index contributed by atoms with van der Waals surface area (Å²) in [7, 11) is 2.34. The summed E-state index contributed by atoms with van der Waals surface area (Å²) >= 11 is 0. The maximum atomic E-state index is 3.93. The molecule has 1 aromatic carbocycles. The zero-order valence-corrected chi connectivity index (χ0v) is 13.2. The van der Waals surface area contributed by atoms with Gasteiger partial charge in [-0.15, -0.1) is 0 Å². The van der Waals surface area contributed by atoms with Crippen LogP contribution in [0.2, 0.25) is 0 Å². The summed E-state index contributed by atoms with van der Waals surface area (Å²) in [5.74, 6) is 1.78. The number of piperidine rings is 1. The summed E-state index contributed by atoms with van der Waals surface area (Å²) in [4.78, 5) is 2.64. The fraction of sp³-hybridized carbons (Fsp3) is 0.684. The van der Waals surface area contributed by atoms with Crippen molar-refractivity contribution in [2.45, 2.75) is 56.7 Å². The number of benzene rings is 1. The molecule has 3 aliphatic rings. The Balaban J connectivity index is 1.37. The molecule has 2 bridgehead atoms. The van der Waals surface area contributed by atoms with Crippen molar-refractivity contribution in [3.63, 3.8) is 0 Å². The molecule has 4 rings (SSSR count). The monoisotopic (exact) mass is 284 g/mol. The smallest absolute Gasteiger partial charge is 0.0348 e. The normalized spacial score (nSPS) is 34.0. The van der Waals surface area contributed by atoms with E-state index in [-0.39, 0.29) is 0 Å². The van der Waals surface area contributed by atoms with E-state index >= 15 is 0 Å². The highest BCUT2D eigenvalue weighted by atomic mass is 15.2. The molecule has 0 spiro atoms. The van der Waals surface area contributed by atoms with Gasteiger partial charge in [-0.3, -0.25) is 0 Å². The number of rotatable bonds is 5. The third-order valence-electron chi connectivity index (χ3n) is 6.07. The van der Waals surface area contributed by atoms with E-state index < -0.39 is 0 Å². The molecule has 2 heteroatoms. The molecule has 1 N–H and O–H groups in total. The van der Waals surface area contributed by atoms with Crippen LogP contribution < -0.4 is 5.32 Å². The molecule has 0 radical (unpaired) electrons. The van der Waals surface area contributed by atoms with E-state index in [0.29, 0.717) is 6.04 Å². The number of hydrogen-bond acceptors (Lipinski definition) is 2. The minimum absolute atomic E-state index is 0.600. The molecule has 21 heavy (non-hydrogen) atoms. The third-order valence-corrected chi connectivity index (χ3v) is 6.07. The molecule has 2 saturated heterocycles. The van der Waals surface area contributed by atoms with E-state index in [9.17, 15) is 0 Å². The summed E-state index contributed by atoms with van der Waals surface area (Å²) < 4.78 is 0. The minimum atomic E-state index is 0.600. The van der Waals surface area contributed by atoms with Gasteiger partial charge in [-0.1, -0.05) is 30.3 Å². The number of nitrogens with one attached hydrogen (secondary N) is 1. The number of hydrogen-bond donors (Lipinski definition) is 1. The molecular weight excluding hydrogens is 256 g/mol. The van der Waals surface area contributed by atoms with Crippen LogP contribution in [-0.2, 0) is 0 Å². The van der Waals surface area contributed by atoms with Gasteiger partial charge in [0, 0.05) is 18.1 Å². The van der Waals surface area contributed by atoms with Gasteiger partial charge in [-0.05, 0) is 69.5 Å². The van der Waals surface area contributed by atoms with Crippen LogP contribution in [0.4, 0.5) is 0 Å². The Bertz CT molecular complexity index is 454. The van der Waals surface area contributed by atoms with Crippen molar-refractivity contribution < 1.29 is 0 Å². The van der Waals surface area contributed by atoms with E-state index in [0.717, 1.165) is 23.9 Å². The zero-order chi connectivity index (χ0) is 14.2. The van der Waals surface area contributed by atoms with Crippen LogP contribution in [0.1, 0.15) is 50.1 Å². The van der Waals surface area contributed by atoms with Gasteiger partial charge < -0.3 is 10.2 Å². The predicted octanol–water partition coefficient (Wildman–Crippen LogP) is 3.60. The van der Waals surface area contributed by atoms with Crippen molar-refractivity contribution in [1.82, 2.24) is 10.2 Å². The van der Waals surface area contributed by atoms with Gasteiger partial charge >= 0.3 is 0 Å². The maximum absolute atomic E-state index is 3.93. The fourth-order valence-corrected chi connectivity index (χ4v) is 4.63. The molecule has 114 valence electrons. The van der Waals surface area contributed by atoms with Gasteiger partial charge in [-0.25, -0.2) is 0 Å². The highest BCUT2D eigenvalue weighted by molar-refractivity contribution is 5.21. The van der Waals surface area contributed by atoms with Crippen molar-refractivity contribution in [3.8, 4) is 0 Å². The van der Waals surface area contributed by atoms with Crippen LogP contribution in [0, 0.1) is 11.8 Å². The lowest BCUT2D eigenvalue weighted by Gasteiger charge is -2.37. The largest absolute Gasteiger partial charge is 0.309 e. The Kier molecular flexibility index (Phi) is 3.76. The molecule has 0 aromatic heterocycles. The molecule has 2 aliphatic heterocycles. The first kappa shape index (κ1) is 13.8. The Morgan fingerprint density at radius 3 is 2.33 bits per heavy atom. The van der Waals surface area contributed by atoms with E-state index in [1.807, 2.05) is 0 Å². The second kappa shape index (κ2) is 5.73. The second-order valence-electron chi connectivity index (χ2n) is 7.52. The average Bonchev–Trinajstić information content (AvgIpc) is 3.31. The molecule has 1 aliphatic carbocycles. The molecule has 1 aromatic rings. The number of fused-ring (bicyclic) bond motifs is 2. The van der Waals surface area contributed by atoms with Gasteiger partial charge in [0.05, 0.1) is 0 Å². The van der Waals surface area contributed by atoms with Gasteiger partial charge in [0.15, 0.2) is 0 Å². The van der Waals surface area contributed by atoms with E-state index in [2.05, 4.69) is 47.6 Å². The quantitative estimate of drug-likeness (QED) is 0.889. The molecule has 0 amide bonds. The molecule has 1 saturated carbocycles. The van der Waals surface area contributed by atoms with Crippen LogP contribution >= 0.6 is 0 Å². The van der Waals surface area contributed by atoms with Crippen LogP contribution in [0.3, 0.4) is 0 Å². The summed E-state index contributed by atoms with van der Waals surface area (Å²) in [5, 5.41) is 3.93. The minimum Gasteiger partial charge on any atom is -0.309 e. The van der Waals surface area contributed by atoms with Gasteiger partial charge in [0.25, 0.3) is 0 Å². The van der Waals surface area contributed by atoms with Crippen molar-refractivity contribution in [1.29, 1.82) is 0 Å². The van der Waals surface area contributed by atoms with Crippen molar-refractivity contribution in [3.05, 3.63) is 35.9 Å². The summed E-state index contributed by atoms with van der Waals surface area (Å²) in [5.41, 5.74) is 1.50. The van der Waals surface area contributed by atoms with Gasteiger partial charge in [-0.2, -0.15) is 0 Å². The highest BCUT2D eigenvalue weighted by Gasteiger charge is 2.39. The van der Waals surface area contributed by atoms with Crippen LogP contribution in [0.15, 0.2) is 30.3 Å². The predicted molar refractivity (Wildman–Crippen MR) is 87.2 cm³/mol. The van der Waals surface area contributed by atoms with Crippen molar-refractivity contribution in [2.24, 2.45) is 11.8 Å².